The van der Waals surface area contributed by atoms with Crippen LogP contribution in [0.4, 0.5) is 11.4 Å². The first-order valence-corrected chi connectivity index (χ1v) is 9.92. The molecule has 2 N–H and O–H groups in total. The number of sulfonamides is 1. The van der Waals surface area contributed by atoms with Gasteiger partial charge in [-0.15, -0.1) is 0 Å². The van der Waals surface area contributed by atoms with E-state index in [-0.39, 0.29) is 16.8 Å². The Morgan fingerprint density at radius 1 is 1.04 bits per heavy atom. The van der Waals surface area contributed by atoms with Gasteiger partial charge in [-0.25, -0.2) is 8.42 Å². The van der Waals surface area contributed by atoms with Gasteiger partial charge in [0.1, 0.15) is 0 Å². The van der Waals surface area contributed by atoms with Crippen molar-refractivity contribution in [3.05, 3.63) is 54.1 Å². The molecule has 0 bridgehead atoms. The van der Waals surface area contributed by atoms with Crippen LogP contribution >= 0.6 is 0 Å². The number of benzene rings is 2. The average molecular weight is 375 g/mol. The van der Waals surface area contributed by atoms with E-state index in [2.05, 4.69) is 10.0 Å². The van der Waals surface area contributed by atoms with E-state index in [1.54, 1.807) is 12.1 Å². The number of rotatable bonds is 7. The zero-order valence-corrected chi connectivity index (χ0v) is 16.3. The standard InChI is InChI=1S/C19H25N3O3S/c1-5-14(2)20-19(23)15-6-12-18(13-7-15)26(24,25)21-16-8-10-17(11-9-16)22(3)4/h6-14,21H,5H2,1-4H3,(H,20,23). The molecule has 140 valence electrons. The summed E-state index contributed by atoms with van der Waals surface area (Å²) < 4.78 is 27.6. The molecular weight excluding hydrogens is 350 g/mol. The Morgan fingerprint density at radius 3 is 2.12 bits per heavy atom. The molecule has 0 saturated carbocycles. The molecular formula is C19H25N3O3S. The summed E-state index contributed by atoms with van der Waals surface area (Å²) in [5.74, 6) is -0.212. The Labute approximate surface area is 155 Å². The molecule has 2 aromatic carbocycles. The minimum absolute atomic E-state index is 0.0673. The van der Waals surface area contributed by atoms with Gasteiger partial charge in [-0.2, -0.15) is 0 Å². The van der Waals surface area contributed by atoms with Gasteiger partial charge in [-0.1, -0.05) is 6.92 Å². The molecule has 0 aliphatic carbocycles. The molecule has 0 aromatic heterocycles. The summed E-state index contributed by atoms with van der Waals surface area (Å²) in [4.78, 5) is 14.1. The van der Waals surface area contributed by atoms with Crippen LogP contribution in [-0.2, 0) is 10.0 Å². The number of carbonyl (C=O) groups is 1. The minimum atomic E-state index is -3.71. The summed E-state index contributed by atoms with van der Waals surface area (Å²) in [6, 6.07) is 13.0. The van der Waals surface area contributed by atoms with Crippen LogP contribution in [0.3, 0.4) is 0 Å². The van der Waals surface area contributed by atoms with Crippen LogP contribution in [0.5, 0.6) is 0 Å². The number of hydrogen-bond donors (Lipinski definition) is 2. The molecule has 1 atom stereocenters. The van der Waals surface area contributed by atoms with E-state index in [0.717, 1.165) is 12.1 Å². The molecule has 7 heteroatoms. The number of carbonyl (C=O) groups excluding carboxylic acids is 1. The van der Waals surface area contributed by atoms with Crippen molar-refractivity contribution < 1.29 is 13.2 Å². The zero-order valence-electron chi connectivity index (χ0n) is 15.5. The highest BCUT2D eigenvalue weighted by Crippen LogP contribution is 2.20. The fourth-order valence-corrected chi connectivity index (χ4v) is 3.29. The minimum Gasteiger partial charge on any atom is -0.378 e. The summed E-state index contributed by atoms with van der Waals surface area (Å²) in [6.45, 7) is 3.90. The van der Waals surface area contributed by atoms with Crippen molar-refractivity contribution in [1.29, 1.82) is 0 Å². The van der Waals surface area contributed by atoms with E-state index < -0.39 is 10.0 Å². The maximum atomic E-state index is 12.5. The fraction of sp³-hybridized carbons (Fsp3) is 0.316. The van der Waals surface area contributed by atoms with E-state index in [9.17, 15) is 13.2 Å². The third-order valence-corrected chi connectivity index (χ3v) is 5.45. The fourth-order valence-electron chi connectivity index (χ4n) is 2.24. The molecule has 0 aliphatic rings. The SMILES string of the molecule is CCC(C)NC(=O)c1ccc(S(=O)(=O)Nc2ccc(N(C)C)cc2)cc1. The highest BCUT2D eigenvalue weighted by molar-refractivity contribution is 7.92. The monoisotopic (exact) mass is 375 g/mol. The van der Waals surface area contributed by atoms with Gasteiger partial charge in [0.25, 0.3) is 15.9 Å². The lowest BCUT2D eigenvalue weighted by Crippen LogP contribution is -2.31. The van der Waals surface area contributed by atoms with Crippen LogP contribution < -0.4 is 14.9 Å². The predicted molar refractivity (Wildman–Crippen MR) is 105 cm³/mol. The van der Waals surface area contributed by atoms with Crippen LogP contribution in [0.25, 0.3) is 0 Å². The van der Waals surface area contributed by atoms with Crippen molar-refractivity contribution >= 4 is 27.3 Å². The molecule has 0 radical (unpaired) electrons. The smallest absolute Gasteiger partial charge is 0.261 e. The first-order valence-electron chi connectivity index (χ1n) is 8.44. The Morgan fingerprint density at radius 2 is 1.62 bits per heavy atom. The lowest BCUT2D eigenvalue weighted by Gasteiger charge is -2.14. The molecule has 1 unspecified atom stereocenters. The largest absolute Gasteiger partial charge is 0.378 e. The van der Waals surface area contributed by atoms with Crippen LogP contribution in [0.2, 0.25) is 0 Å². The van der Waals surface area contributed by atoms with Gasteiger partial charge < -0.3 is 10.2 Å². The number of hydrogen-bond acceptors (Lipinski definition) is 4. The highest BCUT2D eigenvalue weighted by atomic mass is 32.2. The highest BCUT2D eigenvalue weighted by Gasteiger charge is 2.16. The molecule has 2 rings (SSSR count). The van der Waals surface area contributed by atoms with Crippen molar-refractivity contribution in [1.82, 2.24) is 5.32 Å². The van der Waals surface area contributed by atoms with Crippen molar-refractivity contribution in [3.8, 4) is 0 Å². The van der Waals surface area contributed by atoms with Crippen LogP contribution in [0.15, 0.2) is 53.4 Å². The normalized spacial score (nSPS) is 12.3. The second kappa shape index (κ2) is 8.23. The maximum absolute atomic E-state index is 12.5. The summed E-state index contributed by atoms with van der Waals surface area (Å²) in [7, 11) is 0.118. The van der Waals surface area contributed by atoms with Crippen molar-refractivity contribution in [3.63, 3.8) is 0 Å². The summed E-state index contributed by atoms with van der Waals surface area (Å²) in [5, 5.41) is 2.85. The number of anilines is 2. The third kappa shape index (κ3) is 4.98. The van der Waals surface area contributed by atoms with E-state index in [0.29, 0.717) is 11.3 Å². The van der Waals surface area contributed by atoms with Gasteiger partial charge in [-0.3, -0.25) is 9.52 Å². The van der Waals surface area contributed by atoms with Gasteiger partial charge >= 0.3 is 0 Å². The molecule has 6 nitrogen and oxygen atoms in total. The summed E-state index contributed by atoms with van der Waals surface area (Å²) in [5.41, 5.74) is 1.89. The van der Waals surface area contributed by atoms with Crippen molar-refractivity contribution in [2.75, 3.05) is 23.7 Å². The second-order valence-electron chi connectivity index (χ2n) is 6.35. The molecule has 26 heavy (non-hydrogen) atoms. The van der Waals surface area contributed by atoms with Gasteiger partial charge in [0.05, 0.1) is 4.90 Å². The Balaban J connectivity index is 2.12. The first-order chi connectivity index (χ1) is 12.2. The lowest BCUT2D eigenvalue weighted by molar-refractivity contribution is 0.0939. The van der Waals surface area contributed by atoms with Crippen molar-refractivity contribution in [2.24, 2.45) is 0 Å². The average Bonchev–Trinajstić information content (AvgIpc) is 2.61. The molecule has 0 heterocycles. The van der Waals surface area contributed by atoms with Crippen LogP contribution in [0, 0.1) is 0 Å². The zero-order chi connectivity index (χ0) is 19.3. The summed E-state index contributed by atoms with van der Waals surface area (Å²) in [6.07, 6.45) is 0.828. The molecule has 0 aliphatic heterocycles. The Bertz CT molecular complexity index is 845. The van der Waals surface area contributed by atoms with Gasteiger partial charge in [-0.05, 0) is 61.9 Å². The first kappa shape index (κ1) is 19.8. The number of nitrogens with one attached hydrogen (secondary N) is 2. The lowest BCUT2D eigenvalue weighted by atomic mass is 10.2. The van der Waals surface area contributed by atoms with E-state index in [4.69, 9.17) is 0 Å². The van der Waals surface area contributed by atoms with Crippen molar-refractivity contribution in [2.45, 2.75) is 31.2 Å². The number of amides is 1. The molecule has 2 aromatic rings. The van der Waals surface area contributed by atoms with Crippen LogP contribution in [0.1, 0.15) is 30.6 Å². The van der Waals surface area contributed by atoms with Crippen LogP contribution in [-0.4, -0.2) is 34.5 Å². The van der Waals surface area contributed by atoms with E-state index >= 15 is 0 Å². The Kier molecular flexibility index (Phi) is 6.26. The van der Waals surface area contributed by atoms with Gasteiger partial charge in [0.2, 0.25) is 0 Å². The molecule has 0 fully saturated rings. The molecule has 0 spiro atoms. The van der Waals surface area contributed by atoms with E-state index in [1.165, 1.54) is 24.3 Å². The quantitative estimate of drug-likeness (QED) is 0.779. The molecule has 0 saturated heterocycles. The predicted octanol–water partition coefficient (Wildman–Crippen LogP) is 3.08. The topological polar surface area (TPSA) is 78.5 Å². The molecule has 1 amide bonds. The van der Waals surface area contributed by atoms with Gasteiger partial charge in [0, 0.05) is 37.1 Å². The van der Waals surface area contributed by atoms with Gasteiger partial charge in [0.15, 0.2) is 0 Å². The third-order valence-electron chi connectivity index (χ3n) is 4.05. The maximum Gasteiger partial charge on any atom is 0.261 e. The summed E-state index contributed by atoms with van der Waals surface area (Å²) >= 11 is 0. The Hall–Kier alpha value is -2.54. The van der Waals surface area contributed by atoms with E-state index in [1.807, 2.05) is 45.0 Å². The second-order valence-corrected chi connectivity index (χ2v) is 8.04. The number of nitrogens with zero attached hydrogens (tertiary/aromatic N) is 1.